The van der Waals surface area contributed by atoms with Crippen LogP contribution in [0.2, 0.25) is 0 Å². The minimum Gasteiger partial charge on any atom is -0.369 e. The summed E-state index contributed by atoms with van der Waals surface area (Å²) in [6.07, 6.45) is 2.92. The standard InChI is InChI=1S/C17H21N5S/c1-22(2)11-7-10-19-16-14(12-18)15(20-17(21-16)23-3)13-8-5-4-6-9-13/h4-6,8-9H,7,10-11H2,1-3H3,(H,19,20,21). The average molecular weight is 327 g/mol. The van der Waals surface area contributed by atoms with Crippen LogP contribution in [0.1, 0.15) is 12.0 Å². The molecule has 23 heavy (non-hydrogen) atoms. The topological polar surface area (TPSA) is 64.8 Å². The molecule has 1 aromatic heterocycles. The van der Waals surface area contributed by atoms with Gasteiger partial charge < -0.3 is 10.2 Å². The molecule has 0 unspecified atom stereocenters. The van der Waals surface area contributed by atoms with E-state index in [-0.39, 0.29) is 0 Å². The van der Waals surface area contributed by atoms with Gasteiger partial charge in [0.15, 0.2) is 5.16 Å². The number of nitrogens with zero attached hydrogens (tertiary/aromatic N) is 4. The normalized spacial score (nSPS) is 10.6. The van der Waals surface area contributed by atoms with Gasteiger partial charge in [0.2, 0.25) is 0 Å². The summed E-state index contributed by atoms with van der Waals surface area (Å²) < 4.78 is 0. The van der Waals surface area contributed by atoms with Crippen LogP contribution in [0.5, 0.6) is 0 Å². The largest absolute Gasteiger partial charge is 0.369 e. The molecule has 2 rings (SSSR count). The minimum atomic E-state index is 0.499. The molecular formula is C17H21N5S. The van der Waals surface area contributed by atoms with Crippen molar-refractivity contribution in [2.45, 2.75) is 11.6 Å². The molecule has 0 spiro atoms. The molecule has 0 radical (unpaired) electrons. The Kier molecular flexibility index (Phi) is 6.39. The monoisotopic (exact) mass is 327 g/mol. The number of aromatic nitrogens is 2. The maximum Gasteiger partial charge on any atom is 0.189 e. The number of hydrogen-bond donors (Lipinski definition) is 1. The second-order valence-electron chi connectivity index (χ2n) is 5.34. The number of anilines is 1. The lowest BCUT2D eigenvalue weighted by molar-refractivity contribution is 0.405. The van der Waals surface area contributed by atoms with Crippen molar-refractivity contribution in [3.05, 3.63) is 35.9 Å². The lowest BCUT2D eigenvalue weighted by atomic mass is 10.1. The van der Waals surface area contributed by atoms with Crippen molar-refractivity contribution >= 4 is 17.6 Å². The third-order valence-electron chi connectivity index (χ3n) is 3.30. The highest BCUT2D eigenvalue weighted by molar-refractivity contribution is 7.98. The van der Waals surface area contributed by atoms with Gasteiger partial charge in [-0.3, -0.25) is 0 Å². The molecule has 0 saturated carbocycles. The summed E-state index contributed by atoms with van der Waals surface area (Å²) in [7, 11) is 4.09. The van der Waals surface area contributed by atoms with Gasteiger partial charge in [-0.15, -0.1) is 0 Å². The fourth-order valence-corrected chi connectivity index (χ4v) is 2.54. The van der Waals surface area contributed by atoms with Crippen LogP contribution in [0, 0.1) is 11.3 Å². The molecule has 1 aromatic carbocycles. The lowest BCUT2D eigenvalue weighted by Gasteiger charge is -2.13. The van der Waals surface area contributed by atoms with Crippen molar-refractivity contribution in [3.63, 3.8) is 0 Å². The zero-order valence-corrected chi connectivity index (χ0v) is 14.5. The minimum absolute atomic E-state index is 0.499. The molecule has 0 amide bonds. The van der Waals surface area contributed by atoms with Crippen LogP contribution >= 0.6 is 11.8 Å². The van der Waals surface area contributed by atoms with E-state index in [9.17, 15) is 5.26 Å². The van der Waals surface area contributed by atoms with E-state index in [1.807, 2.05) is 50.7 Å². The third kappa shape index (κ3) is 4.68. The molecule has 120 valence electrons. The Balaban J connectivity index is 2.32. The van der Waals surface area contributed by atoms with Crippen molar-refractivity contribution in [1.82, 2.24) is 14.9 Å². The Morgan fingerprint density at radius 3 is 2.57 bits per heavy atom. The molecule has 0 saturated heterocycles. The van der Waals surface area contributed by atoms with Crippen LogP contribution in [0.4, 0.5) is 5.82 Å². The van der Waals surface area contributed by atoms with Crippen molar-refractivity contribution in [2.24, 2.45) is 0 Å². The van der Waals surface area contributed by atoms with Gasteiger partial charge in [0.05, 0.1) is 5.69 Å². The molecule has 0 aliphatic heterocycles. The third-order valence-corrected chi connectivity index (χ3v) is 3.85. The van der Waals surface area contributed by atoms with Gasteiger partial charge in [0, 0.05) is 12.1 Å². The highest BCUT2D eigenvalue weighted by atomic mass is 32.2. The molecule has 1 N–H and O–H groups in total. The quantitative estimate of drug-likeness (QED) is 0.479. The number of nitriles is 1. The van der Waals surface area contributed by atoms with Gasteiger partial charge in [-0.1, -0.05) is 42.1 Å². The first-order valence-corrected chi connectivity index (χ1v) is 8.68. The summed E-state index contributed by atoms with van der Waals surface area (Å²) >= 11 is 1.48. The summed E-state index contributed by atoms with van der Waals surface area (Å²) in [5.74, 6) is 0.615. The van der Waals surface area contributed by atoms with Gasteiger partial charge in [-0.2, -0.15) is 5.26 Å². The summed E-state index contributed by atoms with van der Waals surface area (Å²) in [6, 6.07) is 12.0. The molecule has 0 aliphatic carbocycles. The van der Waals surface area contributed by atoms with Crippen molar-refractivity contribution in [1.29, 1.82) is 5.26 Å². The van der Waals surface area contributed by atoms with E-state index >= 15 is 0 Å². The highest BCUT2D eigenvalue weighted by Crippen LogP contribution is 2.28. The fraction of sp³-hybridized carbons (Fsp3) is 0.353. The fourth-order valence-electron chi connectivity index (χ4n) is 2.17. The van der Waals surface area contributed by atoms with Gasteiger partial charge in [0.1, 0.15) is 17.5 Å². The molecule has 0 bridgehead atoms. The molecule has 6 heteroatoms. The molecule has 0 atom stereocenters. The molecule has 2 aromatic rings. The second kappa shape index (κ2) is 8.51. The van der Waals surface area contributed by atoms with Gasteiger partial charge >= 0.3 is 0 Å². The smallest absolute Gasteiger partial charge is 0.189 e. The Morgan fingerprint density at radius 2 is 1.96 bits per heavy atom. The van der Waals surface area contributed by atoms with E-state index in [1.165, 1.54) is 11.8 Å². The number of thioether (sulfide) groups is 1. The predicted molar refractivity (Wildman–Crippen MR) is 95.6 cm³/mol. The first-order valence-electron chi connectivity index (χ1n) is 7.46. The van der Waals surface area contributed by atoms with Crippen molar-refractivity contribution in [3.8, 4) is 17.3 Å². The number of hydrogen-bond acceptors (Lipinski definition) is 6. The maximum atomic E-state index is 9.58. The molecular weight excluding hydrogens is 306 g/mol. The highest BCUT2D eigenvalue weighted by Gasteiger charge is 2.15. The Labute approximate surface area is 141 Å². The molecule has 1 heterocycles. The van der Waals surface area contributed by atoms with Gasteiger partial charge in [-0.25, -0.2) is 9.97 Å². The summed E-state index contributed by atoms with van der Waals surface area (Å²) in [6.45, 7) is 1.76. The Bertz CT molecular complexity index is 679. The van der Waals surface area contributed by atoms with Crippen molar-refractivity contribution < 1.29 is 0 Å². The lowest BCUT2D eigenvalue weighted by Crippen LogP contribution is -2.17. The number of benzene rings is 1. The van der Waals surface area contributed by atoms with E-state index in [0.717, 1.165) is 25.1 Å². The second-order valence-corrected chi connectivity index (χ2v) is 6.12. The first-order chi connectivity index (χ1) is 11.2. The van der Waals surface area contributed by atoms with E-state index < -0.39 is 0 Å². The SMILES string of the molecule is CSc1nc(NCCCN(C)C)c(C#N)c(-c2ccccc2)n1. The van der Waals surface area contributed by atoms with E-state index in [2.05, 4.69) is 26.3 Å². The van der Waals surface area contributed by atoms with Crippen LogP contribution in [0.15, 0.2) is 35.5 Å². The van der Waals surface area contributed by atoms with Crippen LogP contribution in [-0.4, -0.2) is 48.3 Å². The predicted octanol–water partition coefficient (Wildman–Crippen LogP) is 3.10. The van der Waals surface area contributed by atoms with E-state index in [1.54, 1.807) is 0 Å². The Hall–Kier alpha value is -2.10. The van der Waals surface area contributed by atoms with E-state index in [0.29, 0.717) is 22.2 Å². The first kappa shape index (κ1) is 17.3. The summed E-state index contributed by atoms with van der Waals surface area (Å²) in [5.41, 5.74) is 2.11. The van der Waals surface area contributed by atoms with Crippen LogP contribution in [0.3, 0.4) is 0 Å². The molecule has 0 fully saturated rings. The van der Waals surface area contributed by atoms with Crippen molar-refractivity contribution in [2.75, 3.05) is 38.8 Å². The summed E-state index contributed by atoms with van der Waals surface area (Å²) in [5, 5.41) is 13.5. The van der Waals surface area contributed by atoms with Crippen LogP contribution < -0.4 is 5.32 Å². The molecule has 0 aliphatic rings. The Morgan fingerprint density at radius 1 is 1.22 bits per heavy atom. The number of nitrogens with one attached hydrogen (secondary N) is 1. The zero-order valence-electron chi connectivity index (χ0n) is 13.7. The van der Waals surface area contributed by atoms with Gasteiger partial charge in [0.25, 0.3) is 0 Å². The number of rotatable bonds is 7. The van der Waals surface area contributed by atoms with Crippen LogP contribution in [-0.2, 0) is 0 Å². The van der Waals surface area contributed by atoms with Crippen LogP contribution in [0.25, 0.3) is 11.3 Å². The zero-order chi connectivity index (χ0) is 16.7. The van der Waals surface area contributed by atoms with E-state index in [4.69, 9.17) is 0 Å². The van der Waals surface area contributed by atoms with Gasteiger partial charge in [-0.05, 0) is 33.3 Å². The average Bonchev–Trinajstić information content (AvgIpc) is 2.58. The maximum absolute atomic E-state index is 9.58. The molecule has 5 nitrogen and oxygen atoms in total. The summed E-state index contributed by atoms with van der Waals surface area (Å²) in [4.78, 5) is 11.1.